The Hall–Kier alpha value is -1.88. The number of aryl methyl sites for hydroxylation is 2. The maximum Gasteiger partial charge on any atom is 0.251 e. The van der Waals surface area contributed by atoms with E-state index >= 15 is 0 Å². The van der Waals surface area contributed by atoms with Gasteiger partial charge in [-0.25, -0.2) is 0 Å². The fourth-order valence-electron chi connectivity index (χ4n) is 4.01. The van der Waals surface area contributed by atoms with Crippen molar-refractivity contribution in [3.63, 3.8) is 0 Å². The molecule has 0 spiro atoms. The minimum atomic E-state index is -0.213. The number of piperidine rings is 1. The molecule has 2 unspecified atom stereocenters. The second-order valence-corrected chi connectivity index (χ2v) is 9.00. The minimum Gasteiger partial charge on any atom is -0.353 e. The van der Waals surface area contributed by atoms with Crippen LogP contribution in [-0.4, -0.2) is 48.4 Å². The van der Waals surface area contributed by atoms with Crippen LogP contribution in [0.15, 0.2) is 18.2 Å². The van der Waals surface area contributed by atoms with Crippen molar-refractivity contribution in [3.05, 3.63) is 34.9 Å². The SMILES string of the molecule is Cc1cc(C)cc(C(=O)NCC(=O)NCC(C)(C)N2CC(C)CC(C)C2)c1. The van der Waals surface area contributed by atoms with Crippen molar-refractivity contribution in [2.45, 2.75) is 53.5 Å². The molecule has 1 saturated heterocycles. The van der Waals surface area contributed by atoms with Crippen LogP contribution in [-0.2, 0) is 4.79 Å². The van der Waals surface area contributed by atoms with Gasteiger partial charge in [0.1, 0.15) is 0 Å². The van der Waals surface area contributed by atoms with Gasteiger partial charge in [0.2, 0.25) is 5.91 Å². The standard InChI is InChI=1S/C22H35N3O2/c1-15-7-16(2)10-19(9-15)21(27)23-11-20(26)24-14-22(5,6)25-12-17(3)8-18(4)13-25/h7,9-10,17-18H,8,11-14H2,1-6H3,(H,23,27)(H,24,26). The van der Waals surface area contributed by atoms with Crippen LogP contribution in [0.2, 0.25) is 0 Å². The summed E-state index contributed by atoms with van der Waals surface area (Å²) in [6.45, 7) is 15.5. The lowest BCUT2D eigenvalue weighted by atomic mass is 9.88. The smallest absolute Gasteiger partial charge is 0.251 e. The summed E-state index contributed by atoms with van der Waals surface area (Å²) >= 11 is 0. The molecule has 0 saturated carbocycles. The number of likely N-dealkylation sites (tertiary alicyclic amines) is 1. The molecule has 5 heteroatoms. The summed E-state index contributed by atoms with van der Waals surface area (Å²) in [5.41, 5.74) is 2.57. The first kappa shape index (κ1) is 21.4. The molecular formula is C22H35N3O2. The maximum absolute atomic E-state index is 12.3. The second-order valence-electron chi connectivity index (χ2n) is 9.00. The molecule has 1 aromatic rings. The van der Waals surface area contributed by atoms with Gasteiger partial charge in [0.15, 0.2) is 0 Å². The highest BCUT2D eigenvalue weighted by Gasteiger charge is 2.32. The highest BCUT2D eigenvalue weighted by Crippen LogP contribution is 2.26. The molecule has 2 rings (SSSR count). The fraction of sp³-hybridized carbons (Fsp3) is 0.636. The third kappa shape index (κ3) is 6.35. The Morgan fingerprint density at radius 3 is 2.15 bits per heavy atom. The average Bonchev–Trinajstić information content (AvgIpc) is 2.56. The van der Waals surface area contributed by atoms with Gasteiger partial charge in [0.05, 0.1) is 6.54 Å². The van der Waals surface area contributed by atoms with Crippen molar-refractivity contribution in [2.75, 3.05) is 26.2 Å². The number of carbonyl (C=O) groups is 2. The molecule has 5 nitrogen and oxygen atoms in total. The summed E-state index contributed by atoms with van der Waals surface area (Å²) in [6.07, 6.45) is 1.27. The van der Waals surface area contributed by atoms with E-state index in [-0.39, 0.29) is 23.9 Å². The molecule has 0 aromatic heterocycles. The van der Waals surface area contributed by atoms with Crippen LogP contribution in [0, 0.1) is 25.7 Å². The van der Waals surface area contributed by atoms with Gasteiger partial charge >= 0.3 is 0 Å². The number of benzene rings is 1. The topological polar surface area (TPSA) is 61.4 Å². The third-order valence-corrected chi connectivity index (χ3v) is 5.34. The zero-order valence-corrected chi connectivity index (χ0v) is 17.7. The molecular weight excluding hydrogens is 338 g/mol. The van der Waals surface area contributed by atoms with Crippen LogP contribution in [0.5, 0.6) is 0 Å². The molecule has 2 amide bonds. The molecule has 1 fully saturated rings. The lowest BCUT2D eigenvalue weighted by molar-refractivity contribution is -0.120. The Morgan fingerprint density at radius 1 is 1.04 bits per heavy atom. The summed E-state index contributed by atoms with van der Waals surface area (Å²) in [5.74, 6) is 0.996. The molecule has 0 bridgehead atoms. The Bertz CT molecular complexity index is 654. The van der Waals surface area contributed by atoms with Gasteiger partial charge in [-0.05, 0) is 58.1 Å². The zero-order valence-electron chi connectivity index (χ0n) is 17.7. The number of hydrogen-bond acceptors (Lipinski definition) is 3. The van der Waals surface area contributed by atoms with Gasteiger partial charge in [0, 0.05) is 30.7 Å². The van der Waals surface area contributed by atoms with Gasteiger partial charge in [0.25, 0.3) is 5.91 Å². The number of carbonyl (C=O) groups excluding carboxylic acids is 2. The van der Waals surface area contributed by atoms with Crippen LogP contribution in [0.25, 0.3) is 0 Å². The quantitative estimate of drug-likeness (QED) is 0.806. The summed E-state index contributed by atoms with van der Waals surface area (Å²) in [4.78, 5) is 27.0. The number of nitrogens with one attached hydrogen (secondary N) is 2. The molecule has 1 aliphatic heterocycles. The van der Waals surface area contributed by atoms with E-state index in [2.05, 4.69) is 43.2 Å². The molecule has 1 aromatic carbocycles. The molecule has 150 valence electrons. The van der Waals surface area contributed by atoms with Crippen molar-refractivity contribution in [1.82, 2.24) is 15.5 Å². The van der Waals surface area contributed by atoms with E-state index in [1.165, 1.54) is 6.42 Å². The van der Waals surface area contributed by atoms with E-state index in [9.17, 15) is 9.59 Å². The van der Waals surface area contributed by atoms with Crippen LogP contribution in [0.1, 0.15) is 55.6 Å². The predicted molar refractivity (Wildman–Crippen MR) is 110 cm³/mol. The zero-order chi connectivity index (χ0) is 20.2. The van der Waals surface area contributed by atoms with Gasteiger partial charge in [-0.3, -0.25) is 14.5 Å². The largest absolute Gasteiger partial charge is 0.353 e. The van der Waals surface area contributed by atoms with Gasteiger partial charge in [-0.15, -0.1) is 0 Å². The first-order valence-corrected chi connectivity index (χ1v) is 9.95. The van der Waals surface area contributed by atoms with E-state index in [1.807, 2.05) is 32.0 Å². The number of hydrogen-bond donors (Lipinski definition) is 2. The Labute approximate surface area is 163 Å². The Balaban J connectivity index is 1.82. The average molecular weight is 374 g/mol. The highest BCUT2D eigenvalue weighted by atomic mass is 16.2. The molecule has 1 aliphatic rings. The van der Waals surface area contributed by atoms with Gasteiger partial charge < -0.3 is 10.6 Å². The number of rotatable bonds is 6. The van der Waals surface area contributed by atoms with Crippen molar-refractivity contribution < 1.29 is 9.59 Å². The van der Waals surface area contributed by atoms with E-state index < -0.39 is 0 Å². The monoisotopic (exact) mass is 373 g/mol. The van der Waals surface area contributed by atoms with Gasteiger partial charge in [-0.2, -0.15) is 0 Å². The highest BCUT2D eigenvalue weighted by molar-refractivity contribution is 5.96. The van der Waals surface area contributed by atoms with Crippen LogP contribution in [0.3, 0.4) is 0 Å². The van der Waals surface area contributed by atoms with Crippen molar-refractivity contribution in [3.8, 4) is 0 Å². The summed E-state index contributed by atoms with van der Waals surface area (Å²) in [6, 6.07) is 5.69. The molecule has 27 heavy (non-hydrogen) atoms. The molecule has 2 atom stereocenters. The lowest BCUT2D eigenvalue weighted by Gasteiger charge is -2.45. The van der Waals surface area contributed by atoms with Crippen molar-refractivity contribution in [2.24, 2.45) is 11.8 Å². The Morgan fingerprint density at radius 2 is 1.59 bits per heavy atom. The van der Waals surface area contributed by atoms with E-state index in [0.29, 0.717) is 23.9 Å². The molecule has 0 radical (unpaired) electrons. The normalized spacial score (nSPS) is 21.0. The van der Waals surface area contributed by atoms with Crippen LogP contribution < -0.4 is 10.6 Å². The number of nitrogens with zero attached hydrogens (tertiary/aromatic N) is 1. The Kier molecular flexibility index (Phi) is 7.04. The molecule has 1 heterocycles. The molecule has 2 N–H and O–H groups in total. The van der Waals surface area contributed by atoms with Crippen molar-refractivity contribution >= 4 is 11.8 Å². The van der Waals surface area contributed by atoms with E-state index in [4.69, 9.17) is 0 Å². The predicted octanol–water partition coefficient (Wildman–Crippen LogP) is 2.91. The first-order valence-electron chi connectivity index (χ1n) is 9.95. The lowest BCUT2D eigenvalue weighted by Crippen LogP contribution is -2.56. The van der Waals surface area contributed by atoms with Crippen molar-refractivity contribution in [1.29, 1.82) is 0 Å². The molecule has 0 aliphatic carbocycles. The maximum atomic E-state index is 12.3. The first-order chi connectivity index (χ1) is 12.6. The second kappa shape index (κ2) is 8.87. The van der Waals surface area contributed by atoms with Crippen LogP contribution in [0.4, 0.5) is 0 Å². The minimum absolute atomic E-state index is 0.00525. The van der Waals surface area contributed by atoms with Gasteiger partial charge in [-0.1, -0.05) is 31.0 Å². The summed E-state index contributed by atoms with van der Waals surface area (Å²) < 4.78 is 0. The van der Waals surface area contributed by atoms with Crippen LogP contribution >= 0.6 is 0 Å². The number of amides is 2. The fourth-order valence-corrected chi connectivity index (χ4v) is 4.01. The summed E-state index contributed by atoms with van der Waals surface area (Å²) in [5, 5.41) is 5.70. The van der Waals surface area contributed by atoms with E-state index in [1.54, 1.807) is 0 Å². The third-order valence-electron chi connectivity index (χ3n) is 5.34. The summed E-state index contributed by atoms with van der Waals surface area (Å²) in [7, 11) is 0. The van der Waals surface area contributed by atoms with E-state index in [0.717, 1.165) is 24.2 Å².